The first-order valence-electron chi connectivity index (χ1n) is 44.0. The van der Waals surface area contributed by atoms with E-state index in [0.29, 0.717) is 29.0 Å². The van der Waals surface area contributed by atoms with E-state index in [-0.39, 0.29) is 5.41 Å². The molecule has 0 aliphatic heterocycles. The second-order valence-electron chi connectivity index (χ2n) is 34.2. The number of thiophene rings is 2. The SMILES string of the molecule is CC1(C)c2ccccc2-c2c1ccc1c2oc2nc(-n3c4ccccc4c4ccccc43)nc(-c3ccccc3)c21.c1ccc(-c2nc(-c3ccc4c5ccccc5n(-c5ccccc5)c4c3)nc3sc4c(ccc5oc6ccccc6c54)c23)cc1.c1ccc(-c2nc(-c3cccc4c5ccccc5n(-c5ccccc5)c34)nc3oc4c(ccc5sc6ccccc6c54)c23)cc1. The molecule has 17 aromatic carbocycles. The number of hydrogen-bond donors (Lipinski definition) is 0. The Morgan fingerprint density at radius 2 is 0.756 bits per heavy atom. The maximum absolute atomic E-state index is 6.81. The van der Waals surface area contributed by atoms with E-state index in [1.165, 1.54) is 74.2 Å². The van der Waals surface area contributed by atoms with Crippen LogP contribution in [0, 0.1) is 0 Å². The Balaban J connectivity index is 0.000000101. The summed E-state index contributed by atoms with van der Waals surface area (Å²) in [5, 5.41) is 17.9. The smallest absolute Gasteiger partial charge is 0.238 e. The first-order valence-corrected chi connectivity index (χ1v) is 45.7. The van der Waals surface area contributed by atoms with Gasteiger partial charge < -0.3 is 22.4 Å². The molecule has 0 amide bonds. The number of rotatable bonds is 8. The van der Waals surface area contributed by atoms with Crippen LogP contribution in [0.5, 0.6) is 0 Å². The summed E-state index contributed by atoms with van der Waals surface area (Å²) in [6.07, 6.45) is 0. The Labute approximate surface area is 755 Å². The van der Waals surface area contributed by atoms with Gasteiger partial charge in [0.1, 0.15) is 27.2 Å². The van der Waals surface area contributed by atoms with E-state index in [1.807, 2.05) is 30.3 Å². The van der Waals surface area contributed by atoms with Crippen molar-refractivity contribution in [1.29, 1.82) is 0 Å². The van der Waals surface area contributed by atoms with Crippen LogP contribution in [0.15, 0.2) is 408 Å². The van der Waals surface area contributed by atoms with Gasteiger partial charge in [0.05, 0.1) is 61.0 Å². The molecule has 14 heteroatoms. The summed E-state index contributed by atoms with van der Waals surface area (Å²) in [7, 11) is 0. The van der Waals surface area contributed by atoms with Crippen molar-refractivity contribution in [3.8, 4) is 85.0 Å². The summed E-state index contributed by atoms with van der Waals surface area (Å²) >= 11 is 3.51. The van der Waals surface area contributed by atoms with E-state index >= 15 is 0 Å². The lowest BCUT2D eigenvalue weighted by atomic mass is 9.82. The summed E-state index contributed by atoms with van der Waals surface area (Å²) in [6.45, 7) is 4.59. The van der Waals surface area contributed by atoms with E-state index in [0.717, 1.165) is 165 Å². The van der Waals surface area contributed by atoms with Crippen LogP contribution in [0.25, 0.3) is 257 Å². The largest absolute Gasteiger partial charge is 0.456 e. The molecule has 0 saturated carbocycles. The maximum Gasteiger partial charge on any atom is 0.238 e. The number of furan rings is 3. The molecule has 131 heavy (non-hydrogen) atoms. The lowest BCUT2D eigenvalue weighted by Gasteiger charge is -2.21. The molecular formula is C117H71N9O3S2. The van der Waals surface area contributed by atoms with Crippen LogP contribution < -0.4 is 0 Å². The summed E-state index contributed by atoms with van der Waals surface area (Å²) in [5.41, 5.74) is 26.3. The van der Waals surface area contributed by atoms with Crippen molar-refractivity contribution in [2.75, 3.05) is 0 Å². The zero-order valence-electron chi connectivity index (χ0n) is 70.6. The molecule has 0 spiro atoms. The third-order valence-electron chi connectivity index (χ3n) is 26.5. The molecule has 0 atom stereocenters. The van der Waals surface area contributed by atoms with E-state index in [2.05, 4.69) is 392 Å². The molecule has 614 valence electrons. The van der Waals surface area contributed by atoms with Crippen molar-refractivity contribution in [2.24, 2.45) is 0 Å². The molecule has 0 saturated heterocycles. The fraction of sp³-hybridized carbons (Fsp3) is 0.0256. The number of aromatic nitrogens is 9. The first kappa shape index (κ1) is 74.5. The van der Waals surface area contributed by atoms with Gasteiger partial charge in [-0.2, -0.15) is 9.97 Å². The Hall–Kier alpha value is -16.8. The van der Waals surface area contributed by atoms with Crippen molar-refractivity contribution < 1.29 is 13.3 Å². The van der Waals surface area contributed by atoms with Gasteiger partial charge in [0.25, 0.3) is 0 Å². The Morgan fingerprint density at radius 1 is 0.267 bits per heavy atom. The van der Waals surface area contributed by atoms with Crippen molar-refractivity contribution in [1.82, 2.24) is 43.6 Å². The highest BCUT2D eigenvalue weighted by molar-refractivity contribution is 7.26. The maximum atomic E-state index is 6.81. The average Bonchev–Trinajstić information content (AvgIpc) is 1.54. The number of hydrogen-bond acceptors (Lipinski definition) is 11. The van der Waals surface area contributed by atoms with E-state index in [9.17, 15) is 0 Å². The van der Waals surface area contributed by atoms with Crippen molar-refractivity contribution in [2.45, 2.75) is 19.3 Å². The predicted molar refractivity (Wildman–Crippen MR) is 541 cm³/mol. The van der Waals surface area contributed by atoms with Gasteiger partial charge in [-0.3, -0.25) is 4.57 Å². The third kappa shape index (κ3) is 11.4. The lowest BCUT2D eigenvalue weighted by Crippen LogP contribution is -2.14. The fourth-order valence-corrected chi connectivity index (χ4v) is 23.0. The van der Waals surface area contributed by atoms with Gasteiger partial charge in [0.2, 0.25) is 17.4 Å². The Bertz CT molecular complexity index is 9550. The third-order valence-corrected chi connectivity index (χ3v) is 28.8. The molecule has 0 fully saturated rings. The zero-order valence-corrected chi connectivity index (χ0v) is 72.2. The molecule has 1 aliphatic carbocycles. The van der Waals surface area contributed by atoms with Gasteiger partial charge in [0.15, 0.2) is 11.6 Å². The molecule has 12 nitrogen and oxygen atoms in total. The highest BCUT2D eigenvalue weighted by Crippen LogP contribution is 2.55. The van der Waals surface area contributed by atoms with Gasteiger partial charge >= 0.3 is 0 Å². The number of fused-ring (bicyclic) bond motifs is 30. The zero-order chi connectivity index (χ0) is 86.3. The van der Waals surface area contributed by atoms with Gasteiger partial charge in [-0.25, -0.2) is 19.9 Å². The Kier molecular flexibility index (Phi) is 16.6. The van der Waals surface area contributed by atoms with Gasteiger partial charge in [-0.1, -0.05) is 305 Å². The van der Waals surface area contributed by atoms with E-state index in [1.54, 1.807) is 22.7 Å². The Morgan fingerprint density at radius 3 is 1.44 bits per heavy atom. The van der Waals surface area contributed by atoms with Gasteiger partial charge in [-0.05, 0) is 120 Å². The van der Waals surface area contributed by atoms with Crippen LogP contribution in [0.1, 0.15) is 25.0 Å². The quantitative estimate of drug-likeness (QED) is 0.146. The number of para-hydroxylation sites is 8. The van der Waals surface area contributed by atoms with E-state index in [4.69, 9.17) is 43.2 Å². The minimum Gasteiger partial charge on any atom is -0.456 e. The summed E-state index contributed by atoms with van der Waals surface area (Å²) in [5.74, 6) is 1.95. The molecule has 0 radical (unpaired) electrons. The predicted octanol–water partition coefficient (Wildman–Crippen LogP) is 31.8. The highest BCUT2D eigenvalue weighted by Gasteiger charge is 2.39. The summed E-state index contributed by atoms with van der Waals surface area (Å²) < 4.78 is 30.3. The average molecular weight is 1720 g/mol. The number of benzene rings is 17. The van der Waals surface area contributed by atoms with E-state index < -0.39 is 0 Å². The normalized spacial score (nSPS) is 12.6. The minimum atomic E-state index is -0.110. The summed E-state index contributed by atoms with van der Waals surface area (Å²) in [6, 6.07) is 138. The molecule has 11 heterocycles. The molecule has 0 unspecified atom stereocenters. The van der Waals surface area contributed by atoms with Crippen LogP contribution in [0.3, 0.4) is 0 Å². The molecule has 11 aromatic heterocycles. The molecule has 0 bridgehead atoms. The topological polar surface area (TPSA) is 132 Å². The number of nitrogens with zero attached hydrogens (tertiary/aromatic N) is 9. The second-order valence-corrected chi connectivity index (χ2v) is 36.2. The molecular weight excluding hydrogens is 1640 g/mol. The first-order chi connectivity index (χ1) is 64.8. The second kappa shape index (κ2) is 29.1. The molecule has 29 rings (SSSR count). The minimum absolute atomic E-state index is 0.110. The standard InChI is InChI=1S/2C40H23N3OS.C37H25N3O/c1-3-12-24(13-4-1)36-35-29-22-23-33-34(28-17-8-10-21-32(28)45-33)38(29)44-40(35)42-39(41-36)30-19-11-18-27-26-16-7-9-20-31(26)43(37(27)30)25-14-5-2-6-15-25;1-3-11-24(12-4-1)37-36-30-21-22-34-35(29-16-8-10-18-33(29)44-34)38(30)45-40(36)42-39(41-37)25-19-20-28-27-15-7-9-17-31(27)43(32(28)23-25)26-13-5-2-6-14-26;1-37(2)27-17-9-6-16-25(27)31-28(37)21-20-26-32-33(22-12-4-3-5-13-22)38-36(39-35(32)41-34(26)31)40-29-18-10-7-14-23(29)24-15-8-11-19-30(24)40/h2*1-23H;3-21H,1-2H3. The lowest BCUT2D eigenvalue weighted by molar-refractivity contribution is 0.645. The van der Waals surface area contributed by atoms with Crippen molar-refractivity contribution in [3.05, 3.63) is 405 Å². The molecule has 28 aromatic rings. The van der Waals surface area contributed by atoms with Crippen molar-refractivity contribution in [3.63, 3.8) is 0 Å². The monoisotopic (exact) mass is 1710 g/mol. The van der Waals surface area contributed by atoms with Gasteiger partial charge in [0, 0.05) is 140 Å². The van der Waals surface area contributed by atoms with Crippen molar-refractivity contribution >= 4 is 195 Å². The fourth-order valence-electron chi connectivity index (χ4n) is 20.7. The van der Waals surface area contributed by atoms with Crippen LogP contribution in [-0.4, -0.2) is 43.6 Å². The molecule has 1 aliphatic rings. The van der Waals surface area contributed by atoms with Gasteiger partial charge in [-0.15, -0.1) is 22.7 Å². The highest BCUT2D eigenvalue weighted by atomic mass is 32.1. The van der Waals surface area contributed by atoms with Crippen LogP contribution >= 0.6 is 22.7 Å². The summed E-state index contributed by atoms with van der Waals surface area (Å²) in [4.78, 5) is 32.6. The molecule has 0 N–H and O–H groups in total. The van der Waals surface area contributed by atoms with Crippen LogP contribution in [-0.2, 0) is 5.41 Å². The van der Waals surface area contributed by atoms with Crippen LogP contribution in [0.2, 0.25) is 0 Å². The van der Waals surface area contributed by atoms with Crippen LogP contribution in [0.4, 0.5) is 0 Å².